The van der Waals surface area contributed by atoms with Gasteiger partial charge in [0.2, 0.25) is 0 Å². The zero-order valence-electron chi connectivity index (χ0n) is 9.69. The average Bonchev–Trinajstić information content (AvgIpc) is 2.94. The summed E-state index contributed by atoms with van der Waals surface area (Å²) in [4.78, 5) is 4.05. The Labute approximate surface area is 118 Å². The van der Waals surface area contributed by atoms with E-state index in [1.54, 1.807) is 18.2 Å². The topological polar surface area (TPSA) is 52.0 Å². The minimum absolute atomic E-state index is 0.268. The maximum atomic E-state index is 12.5. The Balaban J connectivity index is 2.36. The molecule has 0 N–H and O–H groups in total. The van der Waals surface area contributed by atoms with Gasteiger partial charge in [0.25, 0.3) is 10.0 Å². The van der Waals surface area contributed by atoms with Gasteiger partial charge in [-0.25, -0.2) is 17.4 Å². The summed E-state index contributed by atoms with van der Waals surface area (Å²) in [6.07, 6.45) is 4.15. The predicted molar refractivity (Wildman–Crippen MR) is 76.5 cm³/mol. The highest BCUT2D eigenvalue weighted by Gasteiger charge is 2.19. The van der Waals surface area contributed by atoms with E-state index in [1.165, 1.54) is 18.7 Å². The first-order valence-electron chi connectivity index (χ1n) is 5.51. The van der Waals surface area contributed by atoms with Crippen LogP contribution in [0.25, 0.3) is 10.8 Å². The summed E-state index contributed by atoms with van der Waals surface area (Å²) in [7, 11) is -3.61. The minimum atomic E-state index is -3.61. The summed E-state index contributed by atoms with van der Waals surface area (Å²) in [6, 6.07) is 10.7. The summed E-state index contributed by atoms with van der Waals surface area (Å²) < 4.78 is 27.0. The van der Waals surface area contributed by atoms with Crippen molar-refractivity contribution in [3.05, 3.63) is 59.6 Å². The molecule has 96 valence electrons. The van der Waals surface area contributed by atoms with E-state index in [2.05, 4.69) is 20.9 Å². The van der Waals surface area contributed by atoms with E-state index in [-0.39, 0.29) is 4.90 Å². The molecular weight excluding hydrogens is 328 g/mol. The van der Waals surface area contributed by atoms with E-state index in [4.69, 9.17) is 0 Å². The second-order valence-corrected chi connectivity index (χ2v) is 6.65. The van der Waals surface area contributed by atoms with Gasteiger partial charge in [-0.15, -0.1) is 0 Å². The van der Waals surface area contributed by atoms with Crippen LogP contribution in [0, 0.1) is 0 Å². The Morgan fingerprint density at radius 2 is 1.79 bits per heavy atom. The van der Waals surface area contributed by atoms with Crippen molar-refractivity contribution in [1.82, 2.24) is 8.96 Å². The number of rotatable bonds is 2. The Morgan fingerprint density at radius 3 is 2.47 bits per heavy atom. The molecule has 0 saturated carbocycles. The number of imidazole rings is 1. The van der Waals surface area contributed by atoms with Crippen LogP contribution in [0.15, 0.2) is 64.5 Å². The number of aromatic nitrogens is 2. The fourth-order valence-corrected chi connectivity index (χ4v) is 3.76. The zero-order chi connectivity index (χ0) is 13.5. The maximum Gasteiger partial charge on any atom is 0.269 e. The smallest absolute Gasteiger partial charge is 0.244 e. The first-order chi connectivity index (χ1) is 9.10. The van der Waals surface area contributed by atoms with Gasteiger partial charge in [0.15, 0.2) is 0 Å². The first-order valence-corrected chi connectivity index (χ1v) is 7.75. The van der Waals surface area contributed by atoms with Crippen molar-refractivity contribution in [3.63, 3.8) is 0 Å². The van der Waals surface area contributed by atoms with E-state index in [1.807, 2.05) is 18.2 Å². The molecule has 19 heavy (non-hydrogen) atoms. The first kappa shape index (κ1) is 12.4. The van der Waals surface area contributed by atoms with Crippen molar-refractivity contribution in [2.75, 3.05) is 0 Å². The summed E-state index contributed by atoms with van der Waals surface area (Å²) in [5, 5.41) is 1.55. The number of halogens is 1. The lowest BCUT2D eigenvalue weighted by molar-refractivity contribution is 0.588. The molecule has 1 heterocycles. The number of nitrogens with zero attached hydrogens (tertiary/aromatic N) is 2. The highest BCUT2D eigenvalue weighted by atomic mass is 79.9. The maximum absolute atomic E-state index is 12.5. The molecule has 0 amide bonds. The molecule has 0 bridgehead atoms. The van der Waals surface area contributed by atoms with Crippen LogP contribution >= 0.6 is 15.9 Å². The van der Waals surface area contributed by atoms with Crippen LogP contribution in [0.2, 0.25) is 0 Å². The second kappa shape index (κ2) is 4.47. The van der Waals surface area contributed by atoms with E-state index in [0.29, 0.717) is 5.39 Å². The lowest BCUT2D eigenvalue weighted by Gasteiger charge is -2.09. The van der Waals surface area contributed by atoms with Crippen LogP contribution in [0.5, 0.6) is 0 Å². The predicted octanol–water partition coefficient (Wildman–Crippen LogP) is 3.04. The molecule has 0 fully saturated rings. The molecule has 2 aromatic carbocycles. The Kier molecular flexibility index (Phi) is 2.91. The van der Waals surface area contributed by atoms with Crippen LogP contribution in [0.4, 0.5) is 0 Å². The van der Waals surface area contributed by atoms with E-state index >= 15 is 0 Å². The largest absolute Gasteiger partial charge is 0.269 e. The molecule has 3 aromatic rings. The number of hydrogen-bond donors (Lipinski definition) is 0. The highest BCUT2D eigenvalue weighted by Crippen LogP contribution is 2.30. The van der Waals surface area contributed by atoms with Crippen molar-refractivity contribution in [3.8, 4) is 0 Å². The Morgan fingerprint density at radius 1 is 1.05 bits per heavy atom. The zero-order valence-corrected chi connectivity index (χ0v) is 12.1. The number of fused-ring (bicyclic) bond motifs is 1. The van der Waals surface area contributed by atoms with E-state index < -0.39 is 10.0 Å². The van der Waals surface area contributed by atoms with Gasteiger partial charge in [-0.1, -0.05) is 40.2 Å². The monoisotopic (exact) mass is 336 g/mol. The average molecular weight is 337 g/mol. The van der Waals surface area contributed by atoms with E-state index in [0.717, 1.165) is 13.8 Å². The highest BCUT2D eigenvalue weighted by molar-refractivity contribution is 9.10. The summed E-state index contributed by atoms with van der Waals surface area (Å²) in [5.41, 5.74) is 0. The van der Waals surface area contributed by atoms with Crippen LogP contribution in [-0.2, 0) is 10.0 Å². The van der Waals surface area contributed by atoms with Crippen molar-refractivity contribution < 1.29 is 8.42 Å². The molecule has 0 aliphatic carbocycles. The third-order valence-electron chi connectivity index (χ3n) is 2.87. The Bertz CT molecular complexity index is 842. The molecule has 0 radical (unpaired) electrons. The third-order valence-corrected chi connectivity index (χ3v) is 5.24. The molecule has 0 unspecified atom stereocenters. The quantitative estimate of drug-likeness (QED) is 0.722. The van der Waals surface area contributed by atoms with Crippen molar-refractivity contribution in [1.29, 1.82) is 0 Å². The second-order valence-electron chi connectivity index (χ2n) is 3.99. The van der Waals surface area contributed by atoms with Crippen LogP contribution < -0.4 is 0 Å². The fraction of sp³-hybridized carbons (Fsp3) is 0. The normalized spacial score (nSPS) is 11.8. The molecule has 0 aliphatic heterocycles. The summed E-state index contributed by atoms with van der Waals surface area (Å²) in [6.45, 7) is 0. The molecule has 1 aromatic heterocycles. The van der Waals surface area contributed by atoms with Crippen molar-refractivity contribution >= 4 is 36.7 Å². The molecule has 0 aliphatic rings. The molecule has 6 heteroatoms. The van der Waals surface area contributed by atoms with Crippen LogP contribution in [-0.4, -0.2) is 17.4 Å². The van der Waals surface area contributed by atoms with Gasteiger partial charge in [0, 0.05) is 22.3 Å². The van der Waals surface area contributed by atoms with Gasteiger partial charge in [-0.05, 0) is 17.5 Å². The fourth-order valence-electron chi connectivity index (χ4n) is 1.96. The van der Waals surface area contributed by atoms with Gasteiger partial charge < -0.3 is 0 Å². The standard InChI is InChI=1S/C13H9BrN2O2S/c14-12-5-6-13(11-4-2-1-3-10(11)12)19(17,18)16-8-7-15-9-16/h1-9H. The summed E-state index contributed by atoms with van der Waals surface area (Å²) >= 11 is 3.43. The molecular formula is C13H9BrN2O2S. The van der Waals surface area contributed by atoms with Crippen LogP contribution in [0.1, 0.15) is 0 Å². The molecule has 0 atom stereocenters. The van der Waals surface area contributed by atoms with Gasteiger partial charge in [-0.2, -0.15) is 0 Å². The SMILES string of the molecule is O=S(=O)(c1ccc(Br)c2ccccc12)n1ccnc1. The summed E-state index contributed by atoms with van der Waals surface area (Å²) in [5.74, 6) is 0. The van der Waals surface area contributed by atoms with Gasteiger partial charge in [0.1, 0.15) is 6.33 Å². The van der Waals surface area contributed by atoms with Gasteiger partial charge >= 0.3 is 0 Å². The van der Waals surface area contributed by atoms with E-state index in [9.17, 15) is 8.42 Å². The molecule has 3 rings (SSSR count). The third kappa shape index (κ3) is 1.97. The minimum Gasteiger partial charge on any atom is -0.244 e. The molecule has 4 nitrogen and oxygen atoms in total. The van der Waals surface area contributed by atoms with Gasteiger partial charge in [-0.3, -0.25) is 0 Å². The van der Waals surface area contributed by atoms with Gasteiger partial charge in [0.05, 0.1) is 4.90 Å². The molecule has 0 saturated heterocycles. The number of hydrogen-bond acceptors (Lipinski definition) is 3. The van der Waals surface area contributed by atoms with Crippen molar-refractivity contribution in [2.24, 2.45) is 0 Å². The number of benzene rings is 2. The lowest BCUT2D eigenvalue weighted by atomic mass is 10.1. The lowest BCUT2D eigenvalue weighted by Crippen LogP contribution is -2.11. The van der Waals surface area contributed by atoms with Crippen molar-refractivity contribution in [2.45, 2.75) is 4.90 Å². The van der Waals surface area contributed by atoms with Crippen LogP contribution in [0.3, 0.4) is 0 Å². The molecule has 0 spiro atoms. The Hall–Kier alpha value is -1.66.